The van der Waals surface area contributed by atoms with Crippen LogP contribution in [0.25, 0.3) is 0 Å². The Bertz CT molecular complexity index is 420. The number of carbonyl (C=O) groups excluding carboxylic acids is 3. The molecule has 0 N–H and O–H groups in total. The fourth-order valence-electron chi connectivity index (χ4n) is 3.11. The summed E-state index contributed by atoms with van der Waals surface area (Å²) >= 11 is 0. The van der Waals surface area contributed by atoms with Gasteiger partial charge in [-0.1, -0.05) is 20.3 Å². The highest BCUT2D eigenvalue weighted by molar-refractivity contribution is 6.19. The highest BCUT2D eigenvalue weighted by Crippen LogP contribution is 2.44. The zero-order chi connectivity index (χ0) is 15.1. The molecule has 2 unspecified atom stereocenters. The van der Waals surface area contributed by atoms with Crippen LogP contribution in [0, 0.1) is 11.3 Å². The van der Waals surface area contributed by atoms with Crippen LogP contribution in [0.2, 0.25) is 0 Å². The van der Waals surface area contributed by atoms with E-state index in [4.69, 9.17) is 4.74 Å². The molecule has 2 rings (SSSR count). The quantitative estimate of drug-likeness (QED) is 0.562. The third-order valence-corrected chi connectivity index (χ3v) is 4.46. The zero-order valence-electron chi connectivity index (χ0n) is 12.5. The Hall–Kier alpha value is -1.43. The summed E-state index contributed by atoms with van der Waals surface area (Å²) in [6.45, 7) is 4.52. The van der Waals surface area contributed by atoms with Crippen LogP contribution in [0.15, 0.2) is 0 Å². The number of urea groups is 1. The summed E-state index contributed by atoms with van der Waals surface area (Å²) in [4.78, 5) is 39.4. The Morgan fingerprint density at radius 2 is 1.75 bits per heavy atom. The van der Waals surface area contributed by atoms with Gasteiger partial charge in [0.1, 0.15) is 5.41 Å². The maximum Gasteiger partial charge on any atom is 0.332 e. The minimum absolute atomic E-state index is 0.0443. The highest BCUT2D eigenvalue weighted by atomic mass is 16.6. The molecule has 4 amide bonds. The van der Waals surface area contributed by atoms with Gasteiger partial charge in [-0.15, -0.1) is 0 Å². The van der Waals surface area contributed by atoms with Crippen molar-refractivity contribution in [2.45, 2.75) is 39.2 Å². The van der Waals surface area contributed by atoms with Crippen molar-refractivity contribution in [2.24, 2.45) is 11.3 Å². The maximum atomic E-state index is 12.7. The van der Waals surface area contributed by atoms with E-state index in [0.29, 0.717) is 13.0 Å². The molecular weight excluding hydrogens is 260 g/mol. The Morgan fingerprint density at radius 1 is 1.25 bits per heavy atom. The van der Waals surface area contributed by atoms with Crippen molar-refractivity contribution in [3.05, 3.63) is 0 Å². The van der Waals surface area contributed by atoms with E-state index in [0.717, 1.165) is 22.6 Å². The molecule has 0 radical (unpaired) electrons. The summed E-state index contributed by atoms with van der Waals surface area (Å²) in [6.07, 6.45) is 1.97. The van der Waals surface area contributed by atoms with Gasteiger partial charge in [-0.2, -0.15) is 0 Å². The normalized spacial score (nSPS) is 27.0. The first kappa shape index (κ1) is 15.0. The average molecular weight is 282 g/mol. The van der Waals surface area contributed by atoms with Crippen LogP contribution in [0.3, 0.4) is 0 Å². The van der Waals surface area contributed by atoms with E-state index < -0.39 is 11.4 Å². The van der Waals surface area contributed by atoms with Crippen molar-refractivity contribution < 1.29 is 19.1 Å². The third-order valence-electron chi connectivity index (χ3n) is 4.46. The molecule has 0 spiro atoms. The Labute approximate surface area is 119 Å². The van der Waals surface area contributed by atoms with Gasteiger partial charge >= 0.3 is 6.03 Å². The lowest BCUT2D eigenvalue weighted by Crippen LogP contribution is -2.65. The van der Waals surface area contributed by atoms with Crippen LogP contribution in [-0.4, -0.2) is 54.5 Å². The number of barbiturate groups is 1. The molecule has 2 heterocycles. The molecule has 2 aliphatic rings. The molecule has 0 saturated carbocycles. The summed E-state index contributed by atoms with van der Waals surface area (Å²) in [7, 11) is 2.88. The lowest BCUT2D eigenvalue weighted by molar-refractivity contribution is -0.162. The van der Waals surface area contributed by atoms with Gasteiger partial charge in [-0.3, -0.25) is 19.4 Å². The minimum atomic E-state index is -1.16. The number of rotatable bonds is 5. The SMILES string of the molecule is CCCC(C)C1(CC2CO2)C(=O)N(C)C(=O)N(C)C1=O. The number of carbonyl (C=O) groups is 3. The van der Waals surface area contributed by atoms with Crippen LogP contribution in [0.5, 0.6) is 0 Å². The monoisotopic (exact) mass is 282 g/mol. The van der Waals surface area contributed by atoms with E-state index in [1.54, 1.807) is 0 Å². The van der Waals surface area contributed by atoms with Gasteiger partial charge in [-0.25, -0.2) is 4.79 Å². The topological polar surface area (TPSA) is 70.2 Å². The van der Waals surface area contributed by atoms with Crippen LogP contribution in [-0.2, 0) is 14.3 Å². The van der Waals surface area contributed by atoms with Gasteiger partial charge in [0.2, 0.25) is 11.8 Å². The standard InChI is InChI=1S/C14H22N2O4/c1-5-6-9(2)14(7-10-8-20-10)11(17)15(3)13(19)16(4)12(14)18/h9-10H,5-8H2,1-4H3. The van der Waals surface area contributed by atoms with E-state index in [1.807, 2.05) is 13.8 Å². The molecule has 0 aromatic heterocycles. The first-order chi connectivity index (χ1) is 9.36. The van der Waals surface area contributed by atoms with Gasteiger partial charge in [0.05, 0.1) is 12.7 Å². The Balaban J connectivity index is 2.43. The largest absolute Gasteiger partial charge is 0.373 e. The number of hydrogen-bond donors (Lipinski definition) is 0. The number of ether oxygens (including phenoxy) is 1. The predicted octanol–water partition coefficient (Wildman–Crippen LogP) is 1.25. The number of epoxide rings is 1. The minimum Gasteiger partial charge on any atom is -0.373 e. The summed E-state index contributed by atoms with van der Waals surface area (Å²) < 4.78 is 5.23. The molecule has 6 nitrogen and oxygen atoms in total. The summed E-state index contributed by atoms with van der Waals surface area (Å²) in [5, 5.41) is 0. The molecule has 0 aliphatic carbocycles. The van der Waals surface area contributed by atoms with Gasteiger partial charge in [0.25, 0.3) is 0 Å². The van der Waals surface area contributed by atoms with Crippen LogP contribution in [0.4, 0.5) is 4.79 Å². The molecule has 6 heteroatoms. The van der Waals surface area contributed by atoms with Crippen molar-refractivity contribution in [3.8, 4) is 0 Å². The molecular formula is C14H22N2O4. The third kappa shape index (κ3) is 2.12. The van der Waals surface area contributed by atoms with Crippen molar-refractivity contribution >= 4 is 17.8 Å². The smallest absolute Gasteiger partial charge is 0.332 e. The van der Waals surface area contributed by atoms with Gasteiger partial charge < -0.3 is 4.74 Å². The lowest BCUT2D eigenvalue weighted by atomic mass is 9.68. The highest BCUT2D eigenvalue weighted by Gasteiger charge is 2.59. The molecule has 2 fully saturated rings. The summed E-state index contributed by atoms with van der Waals surface area (Å²) in [5.74, 6) is -0.890. The van der Waals surface area contributed by atoms with Gasteiger partial charge in [-0.05, 0) is 18.8 Å². The predicted molar refractivity (Wildman–Crippen MR) is 71.8 cm³/mol. The number of amides is 4. The van der Waals surface area contributed by atoms with Crippen molar-refractivity contribution in [3.63, 3.8) is 0 Å². The van der Waals surface area contributed by atoms with Crippen molar-refractivity contribution in [2.75, 3.05) is 20.7 Å². The van der Waals surface area contributed by atoms with Crippen molar-refractivity contribution in [1.82, 2.24) is 9.80 Å². The molecule has 2 aliphatic heterocycles. The maximum absolute atomic E-state index is 12.7. The van der Waals surface area contributed by atoms with Crippen LogP contribution in [0.1, 0.15) is 33.1 Å². The second kappa shape index (κ2) is 5.16. The average Bonchev–Trinajstić information content (AvgIpc) is 3.23. The van der Waals surface area contributed by atoms with E-state index in [1.165, 1.54) is 14.1 Å². The molecule has 2 atom stereocenters. The van der Waals surface area contributed by atoms with Crippen molar-refractivity contribution in [1.29, 1.82) is 0 Å². The lowest BCUT2D eigenvalue weighted by Gasteiger charge is -2.44. The van der Waals surface area contributed by atoms with E-state index in [-0.39, 0.29) is 23.8 Å². The van der Waals surface area contributed by atoms with E-state index in [9.17, 15) is 14.4 Å². The Kier molecular flexibility index (Phi) is 3.86. The van der Waals surface area contributed by atoms with Gasteiger partial charge in [0, 0.05) is 14.1 Å². The second-order valence-electron chi connectivity index (χ2n) is 5.83. The van der Waals surface area contributed by atoms with E-state index >= 15 is 0 Å². The molecule has 0 aromatic carbocycles. The first-order valence-corrected chi connectivity index (χ1v) is 7.08. The summed E-state index contributed by atoms with van der Waals surface area (Å²) in [6, 6.07) is -0.559. The zero-order valence-corrected chi connectivity index (χ0v) is 12.5. The molecule has 112 valence electrons. The molecule has 0 aromatic rings. The number of hydrogen-bond acceptors (Lipinski definition) is 4. The second-order valence-corrected chi connectivity index (χ2v) is 5.83. The fraction of sp³-hybridized carbons (Fsp3) is 0.786. The van der Waals surface area contributed by atoms with Crippen LogP contribution >= 0.6 is 0 Å². The number of nitrogens with zero attached hydrogens (tertiary/aromatic N) is 2. The molecule has 0 bridgehead atoms. The first-order valence-electron chi connectivity index (χ1n) is 7.08. The Morgan fingerprint density at radius 3 is 2.15 bits per heavy atom. The number of imide groups is 2. The fourth-order valence-corrected chi connectivity index (χ4v) is 3.11. The molecule has 20 heavy (non-hydrogen) atoms. The summed E-state index contributed by atoms with van der Waals surface area (Å²) in [5.41, 5.74) is -1.16. The van der Waals surface area contributed by atoms with Crippen LogP contribution < -0.4 is 0 Å². The van der Waals surface area contributed by atoms with E-state index in [2.05, 4.69) is 0 Å². The van der Waals surface area contributed by atoms with Gasteiger partial charge in [0.15, 0.2) is 0 Å². The molecule has 2 saturated heterocycles.